The van der Waals surface area contributed by atoms with Gasteiger partial charge < -0.3 is 14.8 Å². The van der Waals surface area contributed by atoms with Crippen LogP contribution in [-0.2, 0) is 9.47 Å². The van der Waals surface area contributed by atoms with Crippen molar-refractivity contribution in [3.8, 4) is 0 Å². The van der Waals surface area contributed by atoms with E-state index < -0.39 is 0 Å². The van der Waals surface area contributed by atoms with Gasteiger partial charge in [-0.3, -0.25) is 0 Å². The molecule has 1 N–H and O–H groups in total. The van der Waals surface area contributed by atoms with Crippen LogP contribution in [0.2, 0.25) is 0 Å². The second-order valence-electron chi connectivity index (χ2n) is 4.44. The fourth-order valence-corrected chi connectivity index (χ4v) is 1.85. The van der Waals surface area contributed by atoms with Crippen LogP contribution in [0, 0.1) is 0 Å². The molecule has 1 heterocycles. The van der Waals surface area contributed by atoms with E-state index in [-0.39, 0.29) is 6.10 Å². The van der Waals surface area contributed by atoms with Gasteiger partial charge in [-0.1, -0.05) is 12.5 Å². The van der Waals surface area contributed by atoms with Gasteiger partial charge in [0.05, 0.1) is 18.8 Å². The normalized spacial score (nSPS) is 25.6. The lowest BCUT2D eigenvalue weighted by Crippen LogP contribution is -2.45. The number of ether oxygens (including phenoxy) is 2. The Labute approximate surface area is 99.2 Å². The van der Waals surface area contributed by atoms with Gasteiger partial charge in [-0.25, -0.2) is 0 Å². The van der Waals surface area contributed by atoms with Crippen LogP contribution in [0.3, 0.4) is 0 Å². The zero-order valence-corrected chi connectivity index (χ0v) is 10.4. The third-order valence-corrected chi connectivity index (χ3v) is 2.73. The zero-order valence-electron chi connectivity index (χ0n) is 10.4. The van der Waals surface area contributed by atoms with Crippen molar-refractivity contribution in [3.63, 3.8) is 0 Å². The van der Waals surface area contributed by atoms with Crippen molar-refractivity contribution in [2.24, 2.45) is 0 Å². The highest BCUT2D eigenvalue weighted by Gasteiger charge is 2.18. The van der Waals surface area contributed by atoms with Crippen LogP contribution in [0.5, 0.6) is 0 Å². The first-order valence-electron chi connectivity index (χ1n) is 6.37. The molecule has 94 valence electrons. The molecule has 0 amide bonds. The molecule has 1 fully saturated rings. The summed E-state index contributed by atoms with van der Waals surface area (Å²) < 4.78 is 11.3. The molecule has 0 radical (unpaired) electrons. The summed E-state index contributed by atoms with van der Waals surface area (Å²) >= 11 is 0. The van der Waals surface area contributed by atoms with Crippen molar-refractivity contribution in [1.29, 1.82) is 0 Å². The molecule has 16 heavy (non-hydrogen) atoms. The second kappa shape index (κ2) is 8.74. The fraction of sp³-hybridized carbons (Fsp3) is 0.846. The number of unbranched alkanes of at least 4 members (excludes halogenated alkanes) is 3. The van der Waals surface area contributed by atoms with Crippen LogP contribution in [0.1, 0.15) is 32.6 Å². The summed E-state index contributed by atoms with van der Waals surface area (Å²) in [4.78, 5) is 0. The Kier molecular flexibility index (Phi) is 7.47. The Morgan fingerprint density at radius 2 is 2.25 bits per heavy atom. The maximum atomic E-state index is 5.73. The molecule has 2 atom stereocenters. The van der Waals surface area contributed by atoms with E-state index in [2.05, 4.69) is 18.8 Å². The van der Waals surface area contributed by atoms with Crippen molar-refractivity contribution in [2.75, 3.05) is 26.3 Å². The monoisotopic (exact) mass is 227 g/mol. The highest BCUT2D eigenvalue weighted by molar-refractivity contribution is 4.71. The van der Waals surface area contributed by atoms with E-state index in [1.54, 1.807) is 0 Å². The lowest BCUT2D eigenvalue weighted by atomic mass is 10.2. The predicted molar refractivity (Wildman–Crippen MR) is 66.7 cm³/mol. The van der Waals surface area contributed by atoms with Crippen LogP contribution >= 0.6 is 0 Å². The molecule has 3 heteroatoms. The molecule has 2 unspecified atom stereocenters. The van der Waals surface area contributed by atoms with Crippen LogP contribution in [-0.4, -0.2) is 38.5 Å². The molecule has 0 spiro atoms. The van der Waals surface area contributed by atoms with E-state index in [4.69, 9.17) is 9.47 Å². The smallest absolute Gasteiger partial charge is 0.0936 e. The Hall–Kier alpha value is -0.380. The van der Waals surface area contributed by atoms with Crippen molar-refractivity contribution >= 4 is 0 Å². The predicted octanol–water partition coefficient (Wildman–Crippen LogP) is 2.13. The van der Waals surface area contributed by atoms with Gasteiger partial charge in [0.1, 0.15) is 0 Å². The first-order chi connectivity index (χ1) is 7.83. The van der Waals surface area contributed by atoms with E-state index in [0.29, 0.717) is 6.10 Å². The molecule has 1 aliphatic heterocycles. The van der Waals surface area contributed by atoms with Crippen molar-refractivity contribution in [1.82, 2.24) is 5.32 Å². The highest BCUT2D eigenvalue weighted by atomic mass is 16.5. The number of hydrogen-bond acceptors (Lipinski definition) is 3. The Morgan fingerprint density at radius 1 is 1.38 bits per heavy atom. The summed E-state index contributed by atoms with van der Waals surface area (Å²) in [5.41, 5.74) is 0. The minimum absolute atomic E-state index is 0.233. The van der Waals surface area contributed by atoms with E-state index in [1.807, 2.05) is 6.08 Å². The lowest BCUT2D eigenvalue weighted by molar-refractivity contribution is -0.0688. The molecule has 1 aliphatic rings. The van der Waals surface area contributed by atoms with E-state index >= 15 is 0 Å². The number of rotatable bonds is 8. The van der Waals surface area contributed by atoms with Crippen molar-refractivity contribution < 1.29 is 9.47 Å². The van der Waals surface area contributed by atoms with Gasteiger partial charge in [0.15, 0.2) is 0 Å². The summed E-state index contributed by atoms with van der Waals surface area (Å²) in [5.74, 6) is 0. The quantitative estimate of drug-likeness (QED) is 0.509. The molecular weight excluding hydrogens is 202 g/mol. The molecule has 0 aromatic rings. The molecule has 1 rings (SSSR count). The number of morpholine rings is 1. The summed E-state index contributed by atoms with van der Waals surface area (Å²) in [7, 11) is 0. The molecule has 0 aliphatic carbocycles. The molecule has 0 aromatic carbocycles. The number of hydrogen-bond donors (Lipinski definition) is 1. The zero-order chi connectivity index (χ0) is 11.6. The van der Waals surface area contributed by atoms with Gasteiger partial charge >= 0.3 is 0 Å². The largest absolute Gasteiger partial charge is 0.379 e. The summed E-state index contributed by atoms with van der Waals surface area (Å²) in [6.45, 7) is 9.25. The average molecular weight is 227 g/mol. The maximum Gasteiger partial charge on any atom is 0.0936 e. The second-order valence-corrected chi connectivity index (χ2v) is 4.44. The van der Waals surface area contributed by atoms with Crippen LogP contribution in [0.25, 0.3) is 0 Å². The number of allylic oxidation sites excluding steroid dienone is 1. The molecular formula is C13H25NO2. The summed E-state index contributed by atoms with van der Waals surface area (Å²) in [5, 5.41) is 3.34. The average Bonchev–Trinajstić information content (AvgIpc) is 2.28. The minimum Gasteiger partial charge on any atom is -0.379 e. The van der Waals surface area contributed by atoms with Gasteiger partial charge in [0.2, 0.25) is 0 Å². The highest BCUT2D eigenvalue weighted by Crippen LogP contribution is 2.05. The Bertz CT molecular complexity index is 185. The summed E-state index contributed by atoms with van der Waals surface area (Å²) in [6, 6.07) is 0. The third-order valence-electron chi connectivity index (χ3n) is 2.73. The van der Waals surface area contributed by atoms with Crippen molar-refractivity contribution in [2.45, 2.75) is 44.8 Å². The standard InChI is InChI=1S/C13H25NO2/c1-3-4-5-6-7-8-15-11-13-10-14-9-12(2)16-13/h3,12-14H,1,4-11H2,2H3. The Balaban J connectivity index is 1.88. The number of nitrogens with one attached hydrogen (secondary N) is 1. The topological polar surface area (TPSA) is 30.5 Å². The molecule has 1 saturated heterocycles. The lowest BCUT2D eigenvalue weighted by Gasteiger charge is -2.28. The molecule has 0 saturated carbocycles. The van der Waals surface area contributed by atoms with Gasteiger partial charge in [0, 0.05) is 19.7 Å². The van der Waals surface area contributed by atoms with E-state index in [9.17, 15) is 0 Å². The van der Waals surface area contributed by atoms with Gasteiger partial charge in [0.25, 0.3) is 0 Å². The van der Waals surface area contributed by atoms with Crippen molar-refractivity contribution in [3.05, 3.63) is 12.7 Å². The summed E-state index contributed by atoms with van der Waals surface area (Å²) in [6.07, 6.45) is 7.24. The fourth-order valence-electron chi connectivity index (χ4n) is 1.85. The van der Waals surface area contributed by atoms with E-state index in [0.717, 1.165) is 39.1 Å². The van der Waals surface area contributed by atoms with Crippen LogP contribution in [0.15, 0.2) is 12.7 Å². The van der Waals surface area contributed by atoms with Crippen LogP contribution < -0.4 is 5.32 Å². The molecule has 3 nitrogen and oxygen atoms in total. The third kappa shape index (κ3) is 6.26. The maximum absolute atomic E-state index is 5.73. The molecule has 0 bridgehead atoms. The first-order valence-corrected chi connectivity index (χ1v) is 6.37. The Morgan fingerprint density at radius 3 is 3.00 bits per heavy atom. The first kappa shape index (κ1) is 13.7. The van der Waals surface area contributed by atoms with E-state index in [1.165, 1.54) is 12.8 Å². The van der Waals surface area contributed by atoms with Gasteiger partial charge in [-0.05, 0) is 26.2 Å². The minimum atomic E-state index is 0.233. The van der Waals surface area contributed by atoms with Gasteiger partial charge in [-0.2, -0.15) is 0 Å². The molecule has 0 aromatic heterocycles. The van der Waals surface area contributed by atoms with Gasteiger partial charge in [-0.15, -0.1) is 6.58 Å². The SMILES string of the molecule is C=CCCCCCOCC1CNCC(C)O1. The van der Waals surface area contributed by atoms with Crippen LogP contribution in [0.4, 0.5) is 0 Å².